The van der Waals surface area contributed by atoms with Gasteiger partial charge in [-0.05, 0) is 12.1 Å². The molecular formula is C11H15N3O4S. The van der Waals surface area contributed by atoms with E-state index in [1.165, 1.54) is 13.2 Å². The van der Waals surface area contributed by atoms with Crippen LogP contribution >= 0.6 is 0 Å². The Morgan fingerprint density at radius 2 is 2.11 bits per heavy atom. The topological polar surface area (TPSA) is 89.0 Å². The molecule has 0 unspecified atom stereocenters. The van der Waals surface area contributed by atoms with Crippen LogP contribution in [0, 0.1) is 0 Å². The normalized spacial score (nSPS) is 18.3. The monoisotopic (exact) mass is 285 g/mol. The van der Waals surface area contributed by atoms with E-state index in [1.807, 2.05) is 0 Å². The fourth-order valence-corrected chi connectivity index (χ4v) is 2.77. The molecule has 19 heavy (non-hydrogen) atoms. The van der Waals surface area contributed by atoms with Crippen molar-refractivity contribution in [3.63, 3.8) is 0 Å². The van der Waals surface area contributed by atoms with Gasteiger partial charge < -0.3 is 14.8 Å². The average Bonchev–Trinajstić information content (AvgIpc) is 2.38. The SMILES string of the molecule is COCCN=C1Nc2ccc(OC)cc2S(=O)(=O)N1. The summed E-state index contributed by atoms with van der Waals surface area (Å²) < 4.78 is 36.4. The summed E-state index contributed by atoms with van der Waals surface area (Å²) in [7, 11) is -0.587. The number of hydrogen-bond acceptors (Lipinski definition) is 5. The predicted octanol–water partition coefficient (Wildman–Crippen LogP) is 0.401. The first-order valence-electron chi connectivity index (χ1n) is 5.58. The van der Waals surface area contributed by atoms with Gasteiger partial charge in [-0.1, -0.05) is 0 Å². The van der Waals surface area contributed by atoms with Crippen LogP contribution in [0.25, 0.3) is 0 Å². The van der Waals surface area contributed by atoms with E-state index in [-0.39, 0.29) is 10.9 Å². The molecule has 0 atom stereocenters. The second kappa shape index (κ2) is 5.45. The summed E-state index contributed by atoms with van der Waals surface area (Å²) in [6.45, 7) is 0.787. The molecule has 0 saturated carbocycles. The number of guanidine groups is 1. The van der Waals surface area contributed by atoms with E-state index < -0.39 is 10.0 Å². The molecule has 1 aromatic carbocycles. The van der Waals surface area contributed by atoms with Gasteiger partial charge in [0.1, 0.15) is 10.6 Å². The third-order valence-electron chi connectivity index (χ3n) is 2.53. The molecule has 104 valence electrons. The zero-order valence-corrected chi connectivity index (χ0v) is 11.5. The third-order valence-corrected chi connectivity index (χ3v) is 3.91. The molecule has 0 aromatic heterocycles. The van der Waals surface area contributed by atoms with Crippen LogP contribution in [0.4, 0.5) is 5.69 Å². The molecule has 1 aliphatic heterocycles. The summed E-state index contributed by atoms with van der Waals surface area (Å²) in [5.41, 5.74) is 0.468. The predicted molar refractivity (Wildman–Crippen MR) is 71.1 cm³/mol. The molecule has 0 radical (unpaired) electrons. The standard InChI is InChI=1S/C11H15N3O4S/c1-17-6-5-12-11-13-9-4-3-8(18-2)7-10(9)19(15,16)14-11/h3-4,7H,5-6H2,1-2H3,(H2,12,13,14). The summed E-state index contributed by atoms with van der Waals surface area (Å²) in [6, 6.07) is 4.77. The molecule has 0 amide bonds. The number of sulfonamides is 1. The summed E-state index contributed by atoms with van der Waals surface area (Å²) in [6.07, 6.45) is 0. The van der Waals surface area contributed by atoms with Gasteiger partial charge >= 0.3 is 0 Å². The van der Waals surface area contributed by atoms with Crippen molar-refractivity contribution >= 4 is 21.7 Å². The smallest absolute Gasteiger partial charge is 0.266 e. The molecule has 2 rings (SSSR count). The zero-order valence-electron chi connectivity index (χ0n) is 10.6. The van der Waals surface area contributed by atoms with Crippen molar-refractivity contribution in [1.29, 1.82) is 0 Å². The number of rotatable bonds is 4. The summed E-state index contributed by atoms with van der Waals surface area (Å²) in [4.78, 5) is 4.21. The zero-order chi connectivity index (χ0) is 13.9. The number of aliphatic imine (C=N–C) groups is 1. The fourth-order valence-electron chi connectivity index (χ4n) is 1.61. The van der Waals surface area contributed by atoms with Crippen LogP contribution in [0.5, 0.6) is 5.75 Å². The maximum absolute atomic E-state index is 12.1. The van der Waals surface area contributed by atoms with Crippen LogP contribution < -0.4 is 14.8 Å². The largest absolute Gasteiger partial charge is 0.497 e. The van der Waals surface area contributed by atoms with Crippen molar-refractivity contribution < 1.29 is 17.9 Å². The molecule has 1 aliphatic rings. The Labute approximate surface area is 111 Å². The Balaban J connectivity index is 2.33. The van der Waals surface area contributed by atoms with E-state index in [0.717, 1.165) is 0 Å². The van der Waals surface area contributed by atoms with E-state index >= 15 is 0 Å². The quantitative estimate of drug-likeness (QED) is 0.782. The van der Waals surface area contributed by atoms with E-state index in [0.29, 0.717) is 24.6 Å². The van der Waals surface area contributed by atoms with Crippen molar-refractivity contribution in [3.05, 3.63) is 18.2 Å². The molecule has 0 bridgehead atoms. The van der Waals surface area contributed by atoms with Gasteiger partial charge in [-0.15, -0.1) is 0 Å². The Morgan fingerprint density at radius 3 is 2.79 bits per heavy atom. The highest BCUT2D eigenvalue weighted by atomic mass is 32.2. The van der Waals surface area contributed by atoms with Gasteiger partial charge in [0.15, 0.2) is 0 Å². The number of nitrogens with one attached hydrogen (secondary N) is 2. The van der Waals surface area contributed by atoms with Gasteiger partial charge in [-0.25, -0.2) is 18.1 Å². The second-order valence-electron chi connectivity index (χ2n) is 3.82. The van der Waals surface area contributed by atoms with E-state index in [2.05, 4.69) is 15.0 Å². The highest BCUT2D eigenvalue weighted by Crippen LogP contribution is 2.28. The second-order valence-corrected chi connectivity index (χ2v) is 5.47. The fraction of sp³-hybridized carbons (Fsp3) is 0.364. The highest BCUT2D eigenvalue weighted by molar-refractivity contribution is 7.90. The molecule has 2 N–H and O–H groups in total. The Hall–Kier alpha value is -1.80. The molecule has 7 nitrogen and oxygen atoms in total. The highest BCUT2D eigenvalue weighted by Gasteiger charge is 2.26. The van der Waals surface area contributed by atoms with Crippen LogP contribution in [0.15, 0.2) is 28.1 Å². The Kier molecular flexibility index (Phi) is 3.91. The number of nitrogens with zero attached hydrogens (tertiary/aromatic N) is 1. The van der Waals surface area contributed by atoms with Gasteiger partial charge in [0, 0.05) is 13.2 Å². The van der Waals surface area contributed by atoms with Gasteiger partial charge in [0.25, 0.3) is 10.0 Å². The first kappa shape index (κ1) is 13.6. The Bertz CT molecular complexity index is 598. The van der Waals surface area contributed by atoms with Crippen LogP contribution in [-0.2, 0) is 14.8 Å². The van der Waals surface area contributed by atoms with Crippen molar-refractivity contribution in [2.75, 3.05) is 32.7 Å². The lowest BCUT2D eigenvalue weighted by molar-refractivity contribution is 0.208. The molecule has 0 aliphatic carbocycles. The molecule has 1 heterocycles. The van der Waals surface area contributed by atoms with Crippen molar-refractivity contribution in [2.24, 2.45) is 4.99 Å². The lowest BCUT2D eigenvalue weighted by Gasteiger charge is -2.21. The average molecular weight is 285 g/mol. The third kappa shape index (κ3) is 2.96. The lowest BCUT2D eigenvalue weighted by Crippen LogP contribution is -2.41. The minimum absolute atomic E-state index is 0.137. The van der Waals surface area contributed by atoms with E-state index in [1.54, 1.807) is 19.2 Å². The minimum Gasteiger partial charge on any atom is -0.497 e. The first-order chi connectivity index (χ1) is 9.06. The van der Waals surface area contributed by atoms with Crippen molar-refractivity contribution in [1.82, 2.24) is 4.72 Å². The van der Waals surface area contributed by atoms with Gasteiger partial charge in [-0.2, -0.15) is 0 Å². The van der Waals surface area contributed by atoms with E-state index in [4.69, 9.17) is 9.47 Å². The molecular weight excluding hydrogens is 270 g/mol. The molecule has 1 aromatic rings. The Morgan fingerprint density at radius 1 is 1.32 bits per heavy atom. The maximum Gasteiger partial charge on any atom is 0.266 e. The van der Waals surface area contributed by atoms with Crippen molar-refractivity contribution in [2.45, 2.75) is 4.90 Å². The molecule has 0 spiro atoms. The molecule has 0 fully saturated rings. The lowest BCUT2D eigenvalue weighted by atomic mass is 10.3. The van der Waals surface area contributed by atoms with E-state index in [9.17, 15) is 8.42 Å². The maximum atomic E-state index is 12.1. The number of fused-ring (bicyclic) bond motifs is 1. The number of ether oxygens (including phenoxy) is 2. The molecule has 8 heteroatoms. The molecule has 0 saturated heterocycles. The van der Waals surface area contributed by atoms with Crippen LogP contribution in [0.3, 0.4) is 0 Å². The van der Waals surface area contributed by atoms with Gasteiger partial charge in [0.05, 0.1) is 25.9 Å². The number of hydrogen-bond donors (Lipinski definition) is 2. The minimum atomic E-state index is -3.63. The van der Waals surface area contributed by atoms with Gasteiger partial charge in [-0.3, -0.25) is 0 Å². The summed E-state index contributed by atoms with van der Waals surface area (Å²) in [5, 5.41) is 2.91. The van der Waals surface area contributed by atoms with Crippen LogP contribution in [-0.4, -0.2) is 41.7 Å². The number of anilines is 1. The summed E-state index contributed by atoms with van der Waals surface area (Å²) >= 11 is 0. The summed E-state index contributed by atoms with van der Waals surface area (Å²) in [5.74, 6) is 0.667. The van der Waals surface area contributed by atoms with Gasteiger partial charge in [0.2, 0.25) is 5.96 Å². The first-order valence-corrected chi connectivity index (χ1v) is 7.06. The van der Waals surface area contributed by atoms with Crippen molar-refractivity contribution in [3.8, 4) is 5.75 Å². The number of methoxy groups -OCH3 is 2. The van der Waals surface area contributed by atoms with Crippen LogP contribution in [0.1, 0.15) is 0 Å². The number of benzene rings is 1. The van der Waals surface area contributed by atoms with Crippen LogP contribution in [0.2, 0.25) is 0 Å².